The Hall–Kier alpha value is -2.83. The minimum atomic E-state index is 0.541. The molecule has 25 heavy (non-hydrogen) atoms. The third-order valence-corrected chi connectivity index (χ3v) is 4.02. The van der Waals surface area contributed by atoms with Crippen molar-refractivity contribution in [2.45, 2.75) is 26.4 Å². The maximum Gasteiger partial charge on any atom is 0.191 e. The van der Waals surface area contributed by atoms with Crippen LogP contribution < -0.4 is 10.6 Å². The van der Waals surface area contributed by atoms with Crippen LogP contribution in [0.3, 0.4) is 0 Å². The lowest BCUT2D eigenvalue weighted by Crippen LogP contribution is -2.38. The van der Waals surface area contributed by atoms with Crippen molar-refractivity contribution < 1.29 is 0 Å². The number of fused-ring (bicyclic) bond motifs is 1. The molecular formula is C18H25N7. The summed E-state index contributed by atoms with van der Waals surface area (Å²) in [6.07, 6.45) is 4.76. The molecule has 0 unspecified atom stereocenters. The SMILES string of the molecule is CCNC(=NCc1nc2ccccc2n1C)NCCCn1cccn1. The van der Waals surface area contributed by atoms with E-state index >= 15 is 0 Å². The van der Waals surface area contributed by atoms with Gasteiger partial charge in [-0.1, -0.05) is 12.1 Å². The minimum absolute atomic E-state index is 0.541. The first kappa shape index (κ1) is 17.0. The predicted molar refractivity (Wildman–Crippen MR) is 100 cm³/mol. The second kappa shape index (κ2) is 8.32. The van der Waals surface area contributed by atoms with E-state index in [1.54, 1.807) is 6.20 Å². The third-order valence-electron chi connectivity index (χ3n) is 4.02. The average molecular weight is 339 g/mol. The molecule has 0 aliphatic rings. The first-order valence-corrected chi connectivity index (χ1v) is 8.68. The monoisotopic (exact) mass is 339 g/mol. The Kier molecular flexibility index (Phi) is 5.66. The maximum absolute atomic E-state index is 4.66. The van der Waals surface area contributed by atoms with Crippen LogP contribution in [-0.2, 0) is 20.1 Å². The van der Waals surface area contributed by atoms with Crippen molar-refractivity contribution in [3.8, 4) is 0 Å². The molecule has 0 aliphatic heterocycles. The van der Waals surface area contributed by atoms with Gasteiger partial charge < -0.3 is 15.2 Å². The van der Waals surface area contributed by atoms with Gasteiger partial charge in [0, 0.05) is 39.1 Å². The fraction of sp³-hybridized carbons (Fsp3) is 0.389. The van der Waals surface area contributed by atoms with Crippen molar-refractivity contribution in [1.82, 2.24) is 30.0 Å². The van der Waals surface area contributed by atoms with E-state index in [1.165, 1.54) is 0 Å². The van der Waals surface area contributed by atoms with Crippen LogP contribution >= 0.6 is 0 Å². The van der Waals surface area contributed by atoms with E-state index in [9.17, 15) is 0 Å². The largest absolute Gasteiger partial charge is 0.357 e. The van der Waals surface area contributed by atoms with Crippen molar-refractivity contribution in [2.24, 2.45) is 12.0 Å². The van der Waals surface area contributed by atoms with Gasteiger partial charge >= 0.3 is 0 Å². The van der Waals surface area contributed by atoms with E-state index in [0.29, 0.717) is 6.54 Å². The number of aliphatic imine (C=N–C) groups is 1. The molecule has 0 atom stereocenters. The molecule has 0 fully saturated rings. The molecule has 0 spiro atoms. The summed E-state index contributed by atoms with van der Waals surface area (Å²) < 4.78 is 4.03. The summed E-state index contributed by atoms with van der Waals surface area (Å²) in [4.78, 5) is 9.33. The molecule has 3 rings (SSSR count). The van der Waals surface area contributed by atoms with E-state index in [4.69, 9.17) is 0 Å². The normalized spacial score (nSPS) is 11.8. The smallest absolute Gasteiger partial charge is 0.191 e. The molecular weight excluding hydrogens is 314 g/mol. The van der Waals surface area contributed by atoms with Crippen LogP contribution in [0, 0.1) is 0 Å². The lowest BCUT2D eigenvalue weighted by molar-refractivity contribution is 0.570. The highest BCUT2D eigenvalue weighted by molar-refractivity contribution is 5.80. The molecule has 0 saturated heterocycles. The Bertz CT molecular complexity index is 817. The molecule has 2 N–H and O–H groups in total. The number of imidazole rings is 1. The summed E-state index contributed by atoms with van der Waals surface area (Å²) in [5, 5.41) is 10.9. The van der Waals surface area contributed by atoms with Gasteiger partial charge in [-0.3, -0.25) is 4.68 Å². The van der Waals surface area contributed by atoms with Crippen LogP contribution in [0.15, 0.2) is 47.7 Å². The number of aromatic nitrogens is 4. The van der Waals surface area contributed by atoms with Crippen molar-refractivity contribution >= 4 is 17.0 Å². The molecule has 0 amide bonds. The number of benzene rings is 1. The molecule has 0 aliphatic carbocycles. The Balaban J connectivity index is 1.58. The lowest BCUT2D eigenvalue weighted by atomic mass is 10.3. The van der Waals surface area contributed by atoms with Crippen molar-refractivity contribution in [1.29, 1.82) is 0 Å². The number of rotatable bonds is 7. The summed E-state index contributed by atoms with van der Waals surface area (Å²) in [6.45, 7) is 5.17. The van der Waals surface area contributed by atoms with Gasteiger partial charge in [0.2, 0.25) is 0 Å². The van der Waals surface area contributed by atoms with Crippen LogP contribution in [0.25, 0.3) is 11.0 Å². The van der Waals surface area contributed by atoms with Gasteiger partial charge in [0.1, 0.15) is 12.4 Å². The number of hydrogen-bond acceptors (Lipinski definition) is 3. The zero-order valence-electron chi connectivity index (χ0n) is 14.8. The number of guanidine groups is 1. The fourth-order valence-corrected chi connectivity index (χ4v) is 2.71. The lowest BCUT2D eigenvalue weighted by Gasteiger charge is -2.11. The first-order chi connectivity index (χ1) is 12.3. The van der Waals surface area contributed by atoms with Crippen LogP contribution in [0.5, 0.6) is 0 Å². The summed E-state index contributed by atoms with van der Waals surface area (Å²) in [6, 6.07) is 10.1. The standard InChI is InChI=1S/C18H25N7/c1-3-19-18(20-10-6-12-25-13-7-11-22-25)21-14-17-23-15-8-4-5-9-16(15)24(17)2/h4-5,7-9,11,13H,3,6,10,12,14H2,1-2H3,(H2,19,20,21). The number of aryl methyl sites for hydroxylation is 2. The molecule has 0 saturated carbocycles. The first-order valence-electron chi connectivity index (χ1n) is 8.68. The number of nitrogens with zero attached hydrogens (tertiary/aromatic N) is 5. The Morgan fingerprint density at radius 1 is 1.20 bits per heavy atom. The number of hydrogen-bond donors (Lipinski definition) is 2. The Morgan fingerprint density at radius 3 is 2.84 bits per heavy atom. The topological polar surface area (TPSA) is 72.1 Å². The molecule has 2 aromatic heterocycles. The maximum atomic E-state index is 4.66. The van der Waals surface area contributed by atoms with Crippen LogP contribution in [-0.4, -0.2) is 38.4 Å². The van der Waals surface area contributed by atoms with Crippen molar-refractivity contribution in [3.63, 3.8) is 0 Å². The second-order valence-electron chi connectivity index (χ2n) is 5.82. The highest BCUT2D eigenvalue weighted by atomic mass is 15.3. The van der Waals surface area contributed by atoms with Gasteiger partial charge in [0.25, 0.3) is 0 Å². The summed E-state index contributed by atoms with van der Waals surface area (Å²) in [5.74, 6) is 1.77. The van der Waals surface area contributed by atoms with Crippen LogP contribution in [0.1, 0.15) is 19.2 Å². The quantitative estimate of drug-likeness (QED) is 0.392. The van der Waals surface area contributed by atoms with Gasteiger partial charge in [-0.05, 0) is 31.5 Å². The van der Waals surface area contributed by atoms with Gasteiger partial charge in [0.15, 0.2) is 5.96 Å². The van der Waals surface area contributed by atoms with Crippen LogP contribution in [0.2, 0.25) is 0 Å². The van der Waals surface area contributed by atoms with E-state index in [0.717, 1.165) is 48.9 Å². The fourth-order valence-electron chi connectivity index (χ4n) is 2.71. The molecule has 3 aromatic rings. The van der Waals surface area contributed by atoms with E-state index in [1.807, 2.05) is 42.2 Å². The highest BCUT2D eigenvalue weighted by Gasteiger charge is 2.06. The highest BCUT2D eigenvalue weighted by Crippen LogP contribution is 2.14. The Labute approximate surface area is 147 Å². The number of nitrogens with one attached hydrogen (secondary N) is 2. The number of para-hydroxylation sites is 2. The summed E-state index contributed by atoms with van der Waals surface area (Å²) in [5.41, 5.74) is 2.14. The minimum Gasteiger partial charge on any atom is -0.357 e. The zero-order chi connectivity index (χ0) is 17.5. The molecule has 1 aromatic carbocycles. The van der Waals surface area contributed by atoms with Crippen molar-refractivity contribution in [2.75, 3.05) is 13.1 Å². The van der Waals surface area contributed by atoms with E-state index in [2.05, 4.69) is 43.3 Å². The Morgan fingerprint density at radius 2 is 2.08 bits per heavy atom. The summed E-state index contributed by atoms with van der Waals surface area (Å²) >= 11 is 0. The van der Waals surface area contributed by atoms with Gasteiger partial charge in [-0.25, -0.2) is 9.98 Å². The van der Waals surface area contributed by atoms with E-state index < -0.39 is 0 Å². The third kappa shape index (κ3) is 4.37. The van der Waals surface area contributed by atoms with Gasteiger partial charge in [0.05, 0.1) is 11.0 Å². The molecule has 2 heterocycles. The van der Waals surface area contributed by atoms with Crippen molar-refractivity contribution in [3.05, 3.63) is 48.5 Å². The molecule has 7 nitrogen and oxygen atoms in total. The van der Waals surface area contributed by atoms with E-state index in [-0.39, 0.29) is 0 Å². The molecule has 7 heteroatoms. The molecule has 132 valence electrons. The summed E-state index contributed by atoms with van der Waals surface area (Å²) in [7, 11) is 2.03. The second-order valence-corrected chi connectivity index (χ2v) is 5.82. The predicted octanol–water partition coefficient (Wildman–Crippen LogP) is 1.92. The zero-order valence-corrected chi connectivity index (χ0v) is 14.8. The molecule has 0 bridgehead atoms. The van der Waals surface area contributed by atoms with Crippen LogP contribution in [0.4, 0.5) is 0 Å². The molecule has 0 radical (unpaired) electrons. The van der Waals surface area contributed by atoms with Gasteiger partial charge in [-0.2, -0.15) is 5.10 Å². The van der Waals surface area contributed by atoms with Gasteiger partial charge in [-0.15, -0.1) is 0 Å². The average Bonchev–Trinajstić information content (AvgIpc) is 3.25.